The molecule has 0 aliphatic carbocycles. The van der Waals surface area contributed by atoms with Gasteiger partial charge in [-0.25, -0.2) is 12.8 Å². The van der Waals surface area contributed by atoms with Gasteiger partial charge in [-0.05, 0) is 35.0 Å². The van der Waals surface area contributed by atoms with Crippen LogP contribution in [-0.4, -0.2) is 32.2 Å². The third-order valence-corrected chi connectivity index (χ3v) is 6.11. The molecule has 3 aromatic rings. The van der Waals surface area contributed by atoms with Crippen LogP contribution in [0.1, 0.15) is 0 Å². The van der Waals surface area contributed by atoms with Crippen molar-refractivity contribution in [2.24, 2.45) is 0 Å². The summed E-state index contributed by atoms with van der Waals surface area (Å²) < 4.78 is 40.3. The van der Waals surface area contributed by atoms with E-state index in [0.29, 0.717) is 0 Å². The molecule has 5 nitrogen and oxygen atoms in total. The molecule has 1 N–H and O–H groups in total. The first kappa shape index (κ1) is 19.3. The molecule has 3 aromatic carbocycles. The van der Waals surface area contributed by atoms with Crippen LogP contribution in [0.4, 0.5) is 10.1 Å². The number of halogens is 2. The van der Waals surface area contributed by atoms with Gasteiger partial charge in [-0.1, -0.05) is 48.0 Å². The Bertz CT molecular complexity index is 1120. The maximum atomic E-state index is 13.9. The molecule has 3 rings (SSSR count). The standard InChI is InChI=1S/C19H16ClFN2O3S/c1-23(12-18(24)22-17-8-4-7-16(20)19(17)21)27(25,26)15-10-9-13-5-2-3-6-14(13)11-15/h2-11H,12H2,1H3,(H,22,24). The zero-order valence-electron chi connectivity index (χ0n) is 14.3. The van der Waals surface area contributed by atoms with E-state index in [9.17, 15) is 17.6 Å². The predicted molar refractivity (Wildman–Crippen MR) is 104 cm³/mol. The second-order valence-corrected chi connectivity index (χ2v) is 8.37. The van der Waals surface area contributed by atoms with Crippen LogP contribution in [0.3, 0.4) is 0 Å². The molecule has 0 aliphatic heterocycles. The summed E-state index contributed by atoms with van der Waals surface area (Å²) >= 11 is 5.67. The first-order chi connectivity index (χ1) is 12.8. The van der Waals surface area contributed by atoms with Crippen LogP contribution in [0.2, 0.25) is 5.02 Å². The molecule has 1 amide bonds. The molecule has 0 radical (unpaired) electrons. The number of likely N-dealkylation sites (N-methyl/N-ethyl adjacent to an activating group) is 1. The molecule has 0 bridgehead atoms. The van der Waals surface area contributed by atoms with Crippen LogP contribution in [0.15, 0.2) is 65.6 Å². The second kappa shape index (κ2) is 7.64. The summed E-state index contributed by atoms with van der Waals surface area (Å²) in [4.78, 5) is 12.2. The lowest BCUT2D eigenvalue weighted by molar-refractivity contribution is -0.116. The van der Waals surface area contributed by atoms with Crippen LogP contribution in [0.25, 0.3) is 10.8 Å². The zero-order chi connectivity index (χ0) is 19.6. The highest BCUT2D eigenvalue weighted by molar-refractivity contribution is 7.89. The predicted octanol–water partition coefficient (Wildman–Crippen LogP) is 3.89. The maximum Gasteiger partial charge on any atom is 0.243 e. The van der Waals surface area contributed by atoms with Gasteiger partial charge in [0.1, 0.15) is 0 Å². The van der Waals surface area contributed by atoms with Gasteiger partial charge in [-0.2, -0.15) is 4.31 Å². The fraction of sp³-hybridized carbons (Fsp3) is 0.105. The molecular formula is C19H16ClFN2O3S. The summed E-state index contributed by atoms with van der Waals surface area (Å²) in [5.74, 6) is -1.45. The van der Waals surface area contributed by atoms with Crippen LogP contribution < -0.4 is 5.32 Å². The van der Waals surface area contributed by atoms with E-state index in [1.807, 2.05) is 24.3 Å². The van der Waals surface area contributed by atoms with Crippen molar-refractivity contribution in [3.05, 3.63) is 71.5 Å². The summed E-state index contributed by atoms with van der Waals surface area (Å²) in [6, 6.07) is 16.3. The van der Waals surface area contributed by atoms with Crippen LogP contribution >= 0.6 is 11.6 Å². The van der Waals surface area contributed by atoms with E-state index >= 15 is 0 Å². The van der Waals surface area contributed by atoms with Crippen molar-refractivity contribution in [1.82, 2.24) is 4.31 Å². The van der Waals surface area contributed by atoms with Crippen molar-refractivity contribution in [2.75, 3.05) is 18.9 Å². The molecular weight excluding hydrogens is 391 g/mol. The molecule has 0 heterocycles. The van der Waals surface area contributed by atoms with Gasteiger partial charge in [0.25, 0.3) is 0 Å². The van der Waals surface area contributed by atoms with Gasteiger partial charge in [-0.15, -0.1) is 0 Å². The molecule has 8 heteroatoms. The van der Waals surface area contributed by atoms with Crippen molar-refractivity contribution in [2.45, 2.75) is 4.90 Å². The number of anilines is 1. The molecule has 0 fully saturated rings. The monoisotopic (exact) mass is 406 g/mol. The number of benzene rings is 3. The number of nitrogens with one attached hydrogen (secondary N) is 1. The van der Waals surface area contributed by atoms with Gasteiger partial charge in [-0.3, -0.25) is 4.79 Å². The Balaban J connectivity index is 1.78. The highest BCUT2D eigenvalue weighted by Gasteiger charge is 2.23. The summed E-state index contributed by atoms with van der Waals surface area (Å²) in [7, 11) is -2.59. The summed E-state index contributed by atoms with van der Waals surface area (Å²) in [6.45, 7) is -0.471. The van der Waals surface area contributed by atoms with Gasteiger partial charge in [0.15, 0.2) is 5.82 Å². The zero-order valence-corrected chi connectivity index (χ0v) is 15.9. The van der Waals surface area contributed by atoms with Crippen molar-refractivity contribution in [3.8, 4) is 0 Å². The number of carbonyl (C=O) groups excluding carboxylic acids is 1. The van der Waals surface area contributed by atoms with E-state index in [1.165, 1.54) is 31.3 Å². The van der Waals surface area contributed by atoms with Crippen LogP contribution in [0.5, 0.6) is 0 Å². The molecule has 0 saturated carbocycles. The Hall–Kier alpha value is -2.48. The van der Waals surface area contributed by atoms with Gasteiger partial charge < -0.3 is 5.32 Å². The lowest BCUT2D eigenvalue weighted by Gasteiger charge is -2.17. The third-order valence-electron chi connectivity index (χ3n) is 4.02. The number of hydrogen-bond donors (Lipinski definition) is 1. The van der Waals surface area contributed by atoms with E-state index in [0.717, 1.165) is 15.1 Å². The fourth-order valence-electron chi connectivity index (χ4n) is 2.59. The summed E-state index contributed by atoms with van der Waals surface area (Å²) in [5.41, 5.74) is -0.107. The molecule has 140 valence electrons. The lowest BCUT2D eigenvalue weighted by Crippen LogP contribution is -2.35. The largest absolute Gasteiger partial charge is 0.322 e. The molecule has 0 aromatic heterocycles. The van der Waals surface area contributed by atoms with E-state index in [-0.39, 0.29) is 15.6 Å². The Morgan fingerprint density at radius 2 is 1.78 bits per heavy atom. The number of carbonyl (C=O) groups is 1. The first-order valence-electron chi connectivity index (χ1n) is 7.98. The van der Waals surface area contributed by atoms with Crippen molar-refractivity contribution in [1.29, 1.82) is 0 Å². The van der Waals surface area contributed by atoms with Crippen LogP contribution in [0, 0.1) is 5.82 Å². The van der Waals surface area contributed by atoms with E-state index in [1.54, 1.807) is 12.1 Å². The Morgan fingerprint density at radius 1 is 1.07 bits per heavy atom. The van der Waals surface area contributed by atoms with Gasteiger partial charge in [0.2, 0.25) is 15.9 Å². The van der Waals surface area contributed by atoms with Gasteiger partial charge >= 0.3 is 0 Å². The van der Waals surface area contributed by atoms with Gasteiger partial charge in [0.05, 0.1) is 22.2 Å². The number of sulfonamides is 1. The van der Waals surface area contributed by atoms with E-state index in [2.05, 4.69) is 5.32 Å². The third kappa shape index (κ3) is 4.10. The quantitative estimate of drug-likeness (QED) is 0.699. The topological polar surface area (TPSA) is 66.5 Å². The average molecular weight is 407 g/mol. The maximum absolute atomic E-state index is 13.9. The number of nitrogens with zero attached hydrogens (tertiary/aromatic N) is 1. The minimum Gasteiger partial charge on any atom is -0.322 e. The Kier molecular flexibility index (Phi) is 5.46. The molecule has 27 heavy (non-hydrogen) atoms. The average Bonchev–Trinajstić information content (AvgIpc) is 2.65. The Labute approximate surface area is 161 Å². The molecule has 0 spiro atoms. The lowest BCUT2D eigenvalue weighted by atomic mass is 10.1. The highest BCUT2D eigenvalue weighted by Crippen LogP contribution is 2.23. The summed E-state index contributed by atoms with van der Waals surface area (Å²) in [6.07, 6.45) is 0. The molecule has 0 saturated heterocycles. The minimum absolute atomic E-state index is 0.0745. The highest BCUT2D eigenvalue weighted by atomic mass is 35.5. The van der Waals surface area contributed by atoms with Crippen molar-refractivity contribution < 1.29 is 17.6 Å². The van der Waals surface area contributed by atoms with Gasteiger partial charge in [0, 0.05) is 7.05 Å². The smallest absolute Gasteiger partial charge is 0.243 e. The normalized spacial score (nSPS) is 11.7. The second-order valence-electron chi connectivity index (χ2n) is 5.92. The number of hydrogen-bond acceptors (Lipinski definition) is 3. The first-order valence-corrected chi connectivity index (χ1v) is 9.80. The SMILES string of the molecule is CN(CC(=O)Nc1cccc(Cl)c1F)S(=O)(=O)c1ccc2ccccc2c1. The molecule has 0 aliphatic rings. The van der Waals surface area contributed by atoms with Crippen molar-refractivity contribution >= 4 is 44.0 Å². The number of amides is 1. The molecule has 0 atom stereocenters. The number of fused-ring (bicyclic) bond motifs is 1. The minimum atomic E-state index is -3.88. The fourth-order valence-corrected chi connectivity index (χ4v) is 3.92. The number of rotatable bonds is 5. The van der Waals surface area contributed by atoms with E-state index < -0.39 is 28.3 Å². The van der Waals surface area contributed by atoms with Crippen molar-refractivity contribution in [3.63, 3.8) is 0 Å². The summed E-state index contributed by atoms with van der Waals surface area (Å²) in [5, 5.41) is 3.88. The Morgan fingerprint density at radius 3 is 2.52 bits per heavy atom. The van der Waals surface area contributed by atoms with E-state index in [4.69, 9.17) is 11.6 Å². The molecule has 0 unspecified atom stereocenters. The van der Waals surface area contributed by atoms with Crippen LogP contribution in [-0.2, 0) is 14.8 Å².